The molecule has 0 unspecified atom stereocenters. The quantitative estimate of drug-likeness (QED) is 0.845. The Labute approximate surface area is 155 Å². The van der Waals surface area contributed by atoms with Gasteiger partial charge in [-0.15, -0.1) is 0 Å². The molecule has 1 aliphatic heterocycles. The van der Waals surface area contributed by atoms with E-state index in [2.05, 4.69) is 10.2 Å². The Bertz CT molecular complexity index is 979. The second kappa shape index (κ2) is 7.35. The van der Waals surface area contributed by atoms with Crippen molar-refractivity contribution in [2.24, 2.45) is 0 Å². The van der Waals surface area contributed by atoms with Crippen molar-refractivity contribution in [3.63, 3.8) is 0 Å². The fourth-order valence-corrected chi connectivity index (χ4v) is 4.36. The molecule has 1 saturated heterocycles. The number of H-pyrrole nitrogens is 1. The highest BCUT2D eigenvalue weighted by Crippen LogP contribution is 2.29. The maximum atomic E-state index is 13.6. The first-order valence-corrected chi connectivity index (χ1v) is 9.98. The highest BCUT2D eigenvalue weighted by Gasteiger charge is 2.30. The molecule has 0 bridgehead atoms. The second-order valence-electron chi connectivity index (χ2n) is 6.60. The maximum absolute atomic E-state index is 13.6. The Balaban J connectivity index is 1.94. The van der Waals surface area contributed by atoms with Crippen molar-refractivity contribution in [2.75, 3.05) is 31.1 Å². The van der Waals surface area contributed by atoms with Gasteiger partial charge in [0.05, 0.1) is 22.7 Å². The van der Waals surface area contributed by atoms with Crippen LogP contribution in [0.15, 0.2) is 29.2 Å². The number of hydrogen-bond acceptors (Lipinski definition) is 5. The van der Waals surface area contributed by atoms with Gasteiger partial charge in [-0.05, 0) is 31.5 Å². The molecular formula is C17H20F2N4O3S. The van der Waals surface area contributed by atoms with Gasteiger partial charge in [0.2, 0.25) is 10.0 Å². The third-order valence-electron chi connectivity index (χ3n) is 4.52. The summed E-state index contributed by atoms with van der Waals surface area (Å²) in [5, 5.41) is 5.55. The molecule has 3 rings (SSSR count). The summed E-state index contributed by atoms with van der Waals surface area (Å²) in [6.07, 6.45) is 1.41. The Kier molecular flexibility index (Phi) is 5.29. The summed E-state index contributed by atoms with van der Waals surface area (Å²) in [5.74, 6) is -1.58. The lowest BCUT2D eigenvalue weighted by atomic mass is 10.0. The molecule has 0 radical (unpaired) electrons. The molecule has 2 heterocycles. The molecule has 0 aliphatic carbocycles. The van der Waals surface area contributed by atoms with Crippen molar-refractivity contribution < 1.29 is 17.2 Å². The molecule has 27 heavy (non-hydrogen) atoms. The SMILES string of the molecule is CC(C)S(=O)(=O)N1CCN(c2cn[nH]c(=O)c2-c2cc(F)cc(F)c2)CC1. The number of benzene rings is 1. The normalized spacial score (nSPS) is 16.1. The maximum Gasteiger partial charge on any atom is 0.274 e. The van der Waals surface area contributed by atoms with Crippen molar-refractivity contribution in [3.05, 3.63) is 46.4 Å². The Hall–Kier alpha value is -2.33. The van der Waals surface area contributed by atoms with Crippen molar-refractivity contribution in [1.29, 1.82) is 0 Å². The minimum atomic E-state index is -3.36. The molecule has 1 aliphatic rings. The van der Waals surface area contributed by atoms with Crippen LogP contribution in [0.2, 0.25) is 0 Å². The molecule has 2 aromatic rings. The van der Waals surface area contributed by atoms with Crippen LogP contribution in [0.5, 0.6) is 0 Å². The predicted molar refractivity (Wildman–Crippen MR) is 98.1 cm³/mol. The van der Waals surface area contributed by atoms with Crippen LogP contribution in [0, 0.1) is 11.6 Å². The fraction of sp³-hybridized carbons (Fsp3) is 0.412. The number of rotatable bonds is 4. The second-order valence-corrected chi connectivity index (χ2v) is 9.09. The third-order valence-corrected chi connectivity index (χ3v) is 6.80. The molecule has 1 aromatic heterocycles. The summed E-state index contributed by atoms with van der Waals surface area (Å²) in [7, 11) is -3.36. The van der Waals surface area contributed by atoms with Gasteiger partial charge in [-0.2, -0.15) is 9.40 Å². The lowest BCUT2D eigenvalue weighted by molar-refractivity contribution is 0.381. The first-order valence-electron chi connectivity index (χ1n) is 8.48. The number of aromatic amines is 1. The van der Waals surface area contributed by atoms with Crippen LogP contribution >= 0.6 is 0 Å². The van der Waals surface area contributed by atoms with E-state index < -0.39 is 32.5 Å². The summed E-state index contributed by atoms with van der Waals surface area (Å²) in [6, 6.07) is 2.89. The number of aromatic nitrogens is 2. The molecule has 1 aromatic carbocycles. The first-order chi connectivity index (χ1) is 12.7. The van der Waals surface area contributed by atoms with Crippen molar-refractivity contribution in [2.45, 2.75) is 19.1 Å². The monoisotopic (exact) mass is 398 g/mol. The van der Waals surface area contributed by atoms with Crippen LogP contribution in [0.4, 0.5) is 14.5 Å². The van der Waals surface area contributed by atoms with E-state index in [9.17, 15) is 22.0 Å². The average molecular weight is 398 g/mol. The van der Waals surface area contributed by atoms with Gasteiger partial charge in [0.15, 0.2) is 0 Å². The molecule has 0 saturated carbocycles. The molecule has 0 amide bonds. The number of anilines is 1. The van der Waals surface area contributed by atoms with E-state index in [4.69, 9.17) is 0 Å². The van der Waals surface area contributed by atoms with E-state index in [0.29, 0.717) is 18.8 Å². The van der Waals surface area contributed by atoms with Gasteiger partial charge in [0.25, 0.3) is 5.56 Å². The lowest BCUT2D eigenvalue weighted by Crippen LogP contribution is -2.50. The number of nitrogens with one attached hydrogen (secondary N) is 1. The van der Waals surface area contributed by atoms with Gasteiger partial charge in [-0.25, -0.2) is 22.3 Å². The zero-order valence-corrected chi connectivity index (χ0v) is 15.8. The summed E-state index contributed by atoms with van der Waals surface area (Å²) >= 11 is 0. The summed E-state index contributed by atoms with van der Waals surface area (Å²) in [4.78, 5) is 14.1. The van der Waals surface area contributed by atoms with E-state index in [1.165, 1.54) is 10.5 Å². The molecule has 1 fully saturated rings. The van der Waals surface area contributed by atoms with Crippen LogP contribution in [-0.2, 0) is 10.0 Å². The zero-order chi connectivity index (χ0) is 19.8. The lowest BCUT2D eigenvalue weighted by Gasteiger charge is -2.36. The van der Waals surface area contributed by atoms with Gasteiger partial charge in [-0.3, -0.25) is 4.79 Å². The Morgan fingerprint density at radius 3 is 2.22 bits per heavy atom. The predicted octanol–water partition coefficient (Wildman–Crippen LogP) is 1.58. The molecule has 7 nitrogen and oxygen atoms in total. The molecule has 1 N–H and O–H groups in total. The fourth-order valence-electron chi connectivity index (χ4n) is 3.09. The zero-order valence-electron chi connectivity index (χ0n) is 14.9. The van der Waals surface area contributed by atoms with E-state index in [1.807, 2.05) is 0 Å². The van der Waals surface area contributed by atoms with E-state index in [0.717, 1.165) is 18.2 Å². The van der Waals surface area contributed by atoms with Gasteiger partial charge < -0.3 is 4.90 Å². The number of piperazine rings is 1. The van der Waals surface area contributed by atoms with Gasteiger partial charge in [-0.1, -0.05) is 0 Å². The van der Waals surface area contributed by atoms with Crippen molar-refractivity contribution in [1.82, 2.24) is 14.5 Å². The molecule has 10 heteroatoms. The minimum Gasteiger partial charge on any atom is -0.367 e. The Morgan fingerprint density at radius 1 is 1.07 bits per heavy atom. The number of sulfonamides is 1. The van der Waals surface area contributed by atoms with E-state index in [-0.39, 0.29) is 24.2 Å². The summed E-state index contributed by atoms with van der Waals surface area (Å²) in [6.45, 7) is 4.43. The van der Waals surface area contributed by atoms with Gasteiger partial charge in [0, 0.05) is 32.2 Å². The van der Waals surface area contributed by atoms with Crippen LogP contribution in [0.25, 0.3) is 11.1 Å². The minimum absolute atomic E-state index is 0.100. The Morgan fingerprint density at radius 2 is 1.67 bits per heavy atom. The number of nitrogens with zero attached hydrogens (tertiary/aromatic N) is 3. The van der Waals surface area contributed by atoms with Crippen LogP contribution < -0.4 is 10.5 Å². The largest absolute Gasteiger partial charge is 0.367 e. The van der Waals surface area contributed by atoms with E-state index >= 15 is 0 Å². The molecular weight excluding hydrogens is 378 g/mol. The highest BCUT2D eigenvalue weighted by atomic mass is 32.2. The highest BCUT2D eigenvalue weighted by molar-refractivity contribution is 7.89. The molecule has 0 atom stereocenters. The van der Waals surface area contributed by atoms with Crippen molar-refractivity contribution in [3.8, 4) is 11.1 Å². The molecule has 146 valence electrons. The first kappa shape index (κ1) is 19.4. The summed E-state index contributed by atoms with van der Waals surface area (Å²) < 4.78 is 53.3. The third kappa shape index (κ3) is 3.86. The van der Waals surface area contributed by atoms with Crippen LogP contribution in [-0.4, -0.2) is 54.3 Å². The average Bonchev–Trinajstić information content (AvgIpc) is 2.60. The topological polar surface area (TPSA) is 86.4 Å². The summed E-state index contributed by atoms with van der Waals surface area (Å²) in [5.41, 5.74) is 0.0343. The van der Waals surface area contributed by atoms with Gasteiger partial charge in [0.1, 0.15) is 11.6 Å². The van der Waals surface area contributed by atoms with Crippen molar-refractivity contribution >= 4 is 15.7 Å². The number of hydrogen-bond donors (Lipinski definition) is 1. The van der Waals surface area contributed by atoms with E-state index in [1.54, 1.807) is 18.7 Å². The molecule has 0 spiro atoms. The standard InChI is InChI=1S/C17H20F2N4O3S/c1-11(2)27(25,26)23-5-3-22(4-6-23)15-10-20-21-17(24)16(15)12-7-13(18)9-14(19)8-12/h7-11H,3-6H2,1-2H3,(H,21,24). The van der Waals surface area contributed by atoms with Crippen LogP contribution in [0.3, 0.4) is 0 Å². The smallest absolute Gasteiger partial charge is 0.274 e. The number of halogens is 2. The van der Waals surface area contributed by atoms with Crippen LogP contribution in [0.1, 0.15) is 13.8 Å². The van der Waals surface area contributed by atoms with Gasteiger partial charge >= 0.3 is 0 Å².